The molecule has 1 atom stereocenters. The van der Waals surface area contributed by atoms with Crippen LogP contribution >= 0.6 is 9.24 Å². The number of aromatic nitrogens is 2. The number of rotatable bonds is 6. The zero-order chi connectivity index (χ0) is 20.4. The van der Waals surface area contributed by atoms with Crippen LogP contribution in [0.1, 0.15) is 35.1 Å². The molecule has 1 amide bonds. The van der Waals surface area contributed by atoms with Crippen LogP contribution in [0.2, 0.25) is 0 Å². The number of primary amides is 1. The van der Waals surface area contributed by atoms with Crippen LogP contribution in [0, 0.1) is 0 Å². The Morgan fingerprint density at radius 1 is 1.07 bits per heavy atom. The maximum Gasteiger partial charge on any atom is 0.248 e. The first kappa shape index (κ1) is 19.4. The van der Waals surface area contributed by atoms with Crippen molar-refractivity contribution in [2.24, 2.45) is 5.73 Å². The van der Waals surface area contributed by atoms with Crippen molar-refractivity contribution in [2.45, 2.75) is 26.3 Å². The molecule has 1 heterocycles. The predicted molar refractivity (Wildman–Crippen MR) is 123 cm³/mol. The van der Waals surface area contributed by atoms with E-state index in [-0.39, 0.29) is 0 Å². The van der Waals surface area contributed by atoms with Gasteiger partial charge in [-0.3, -0.25) is 4.79 Å². The first-order valence-electron chi connectivity index (χ1n) is 9.79. The lowest BCUT2D eigenvalue weighted by molar-refractivity contribution is 0.100. The van der Waals surface area contributed by atoms with Crippen LogP contribution in [-0.4, -0.2) is 15.5 Å². The Morgan fingerprint density at radius 2 is 1.83 bits per heavy atom. The summed E-state index contributed by atoms with van der Waals surface area (Å²) in [5.41, 5.74) is 11.4. The molecule has 0 aliphatic carbocycles. The van der Waals surface area contributed by atoms with Crippen LogP contribution in [0.3, 0.4) is 0 Å². The Labute approximate surface area is 173 Å². The molecule has 4 aromatic rings. The van der Waals surface area contributed by atoms with Gasteiger partial charge in [0.05, 0.1) is 11.0 Å². The maximum absolute atomic E-state index is 11.6. The summed E-state index contributed by atoms with van der Waals surface area (Å²) < 4.78 is 2.20. The SMILES string of the molecule is CCCc1nc2ccc(C(N)=O)cc2n1Cc1ccc(-c2ccccc2P)cc1. The number of benzene rings is 3. The second-order valence-electron chi connectivity index (χ2n) is 7.22. The van der Waals surface area contributed by atoms with Crippen LogP contribution in [0.15, 0.2) is 66.7 Å². The van der Waals surface area contributed by atoms with Gasteiger partial charge in [-0.1, -0.05) is 55.5 Å². The number of nitrogens with two attached hydrogens (primary N) is 1. The second kappa shape index (κ2) is 8.18. The number of hydrogen-bond donors (Lipinski definition) is 1. The number of amides is 1. The number of carbonyl (C=O) groups is 1. The minimum absolute atomic E-state index is 0.419. The summed E-state index contributed by atoms with van der Waals surface area (Å²) in [4.78, 5) is 16.4. The van der Waals surface area contributed by atoms with Crippen LogP contribution in [0.5, 0.6) is 0 Å². The molecular formula is C24H24N3OP. The molecule has 0 fully saturated rings. The molecule has 0 bridgehead atoms. The molecule has 0 saturated carbocycles. The molecule has 0 saturated heterocycles. The normalized spacial score (nSPS) is 11.1. The fourth-order valence-corrected chi connectivity index (χ4v) is 4.02. The lowest BCUT2D eigenvalue weighted by atomic mass is 10.0. The van der Waals surface area contributed by atoms with Gasteiger partial charge < -0.3 is 10.3 Å². The summed E-state index contributed by atoms with van der Waals surface area (Å²) in [5, 5.41) is 1.19. The fourth-order valence-electron chi connectivity index (χ4n) is 3.65. The van der Waals surface area contributed by atoms with Crippen molar-refractivity contribution in [3.63, 3.8) is 0 Å². The lowest BCUT2D eigenvalue weighted by Crippen LogP contribution is -2.11. The molecule has 0 spiro atoms. The number of imidazole rings is 1. The van der Waals surface area contributed by atoms with Gasteiger partial charge in [0.25, 0.3) is 0 Å². The zero-order valence-corrected chi connectivity index (χ0v) is 17.6. The third kappa shape index (κ3) is 3.94. The van der Waals surface area contributed by atoms with E-state index in [0.29, 0.717) is 12.1 Å². The van der Waals surface area contributed by atoms with Gasteiger partial charge in [0.15, 0.2) is 0 Å². The van der Waals surface area contributed by atoms with Crippen molar-refractivity contribution in [2.75, 3.05) is 0 Å². The number of nitrogens with zero attached hydrogens (tertiary/aromatic N) is 2. The minimum Gasteiger partial charge on any atom is -0.366 e. The Bertz CT molecular complexity index is 1180. The van der Waals surface area contributed by atoms with Crippen molar-refractivity contribution in [1.82, 2.24) is 9.55 Å². The molecular weight excluding hydrogens is 377 g/mol. The Morgan fingerprint density at radius 3 is 2.52 bits per heavy atom. The average Bonchev–Trinajstić information content (AvgIpc) is 3.06. The Hall–Kier alpha value is -2.97. The zero-order valence-electron chi connectivity index (χ0n) is 16.4. The monoisotopic (exact) mass is 401 g/mol. The van der Waals surface area contributed by atoms with Crippen molar-refractivity contribution >= 4 is 31.5 Å². The maximum atomic E-state index is 11.6. The molecule has 1 unspecified atom stereocenters. The first-order chi connectivity index (χ1) is 14.1. The predicted octanol–water partition coefficient (Wildman–Crippen LogP) is 4.30. The minimum atomic E-state index is -0.419. The highest BCUT2D eigenvalue weighted by Crippen LogP contribution is 2.23. The van der Waals surface area contributed by atoms with Crippen LogP contribution in [0.4, 0.5) is 0 Å². The molecule has 0 aliphatic heterocycles. The molecule has 4 rings (SSSR count). The van der Waals surface area contributed by atoms with Crippen LogP contribution < -0.4 is 11.0 Å². The van der Waals surface area contributed by atoms with Crippen LogP contribution in [0.25, 0.3) is 22.2 Å². The van der Waals surface area contributed by atoms with Gasteiger partial charge >= 0.3 is 0 Å². The second-order valence-corrected chi connectivity index (χ2v) is 7.84. The molecule has 0 radical (unpaired) electrons. The third-order valence-corrected chi connectivity index (χ3v) is 5.66. The van der Waals surface area contributed by atoms with Gasteiger partial charge in [-0.05, 0) is 46.6 Å². The molecule has 29 heavy (non-hydrogen) atoms. The van der Waals surface area contributed by atoms with Gasteiger partial charge in [-0.2, -0.15) is 0 Å². The number of carbonyl (C=O) groups excluding carboxylic acids is 1. The summed E-state index contributed by atoms with van der Waals surface area (Å²) in [6.45, 7) is 2.85. The quantitative estimate of drug-likeness (QED) is 0.490. The summed E-state index contributed by atoms with van der Waals surface area (Å²) >= 11 is 0. The van der Waals surface area contributed by atoms with E-state index < -0.39 is 5.91 Å². The van der Waals surface area contributed by atoms with Gasteiger partial charge in [-0.25, -0.2) is 4.98 Å². The van der Waals surface area contributed by atoms with Gasteiger partial charge in [0, 0.05) is 18.5 Å². The molecule has 3 aromatic carbocycles. The Kier molecular flexibility index (Phi) is 5.46. The molecule has 2 N–H and O–H groups in total. The highest BCUT2D eigenvalue weighted by molar-refractivity contribution is 7.28. The van der Waals surface area contributed by atoms with Crippen molar-refractivity contribution < 1.29 is 4.79 Å². The number of aryl methyl sites for hydroxylation is 1. The van der Waals surface area contributed by atoms with Crippen molar-refractivity contribution in [3.05, 3.63) is 83.7 Å². The van der Waals surface area contributed by atoms with E-state index in [1.54, 1.807) is 6.07 Å². The number of fused-ring (bicyclic) bond motifs is 1. The highest BCUT2D eigenvalue weighted by atomic mass is 31.0. The van der Waals surface area contributed by atoms with E-state index in [1.807, 2.05) is 18.2 Å². The first-order valence-corrected chi connectivity index (χ1v) is 10.4. The van der Waals surface area contributed by atoms with Gasteiger partial charge in [-0.15, -0.1) is 9.24 Å². The standard InChI is InChI=1S/C24H24N3OP/c1-2-5-23-26-20-13-12-18(24(25)28)14-21(20)27(23)15-16-8-10-17(11-9-16)19-6-3-4-7-22(19)29/h3-4,6-14H,2,5,15,29H2,1H3,(H2,25,28). The van der Waals surface area contributed by atoms with Gasteiger partial charge in [0.1, 0.15) is 5.82 Å². The Balaban J connectivity index is 1.71. The third-order valence-electron chi connectivity index (χ3n) is 5.15. The summed E-state index contributed by atoms with van der Waals surface area (Å²) in [7, 11) is 2.79. The van der Waals surface area contributed by atoms with E-state index in [9.17, 15) is 4.79 Å². The molecule has 146 valence electrons. The highest BCUT2D eigenvalue weighted by Gasteiger charge is 2.13. The number of hydrogen-bond acceptors (Lipinski definition) is 2. The van der Waals surface area contributed by atoms with E-state index in [0.717, 1.165) is 29.7 Å². The fraction of sp³-hybridized carbons (Fsp3) is 0.167. The molecule has 1 aromatic heterocycles. The van der Waals surface area contributed by atoms with E-state index >= 15 is 0 Å². The van der Waals surface area contributed by atoms with E-state index in [4.69, 9.17) is 10.7 Å². The lowest BCUT2D eigenvalue weighted by Gasteiger charge is -2.11. The van der Waals surface area contributed by atoms with E-state index in [2.05, 4.69) is 63.2 Å². The van der Waals surface area contributed by atoms with Crippen molar-refractivity contribution in [3.8, 4) is 11.1 Å². The molecule has 5 heteroatoms. The van der Waals surface area contributed by atoms with Crippen LogP contribution in [-0.2, 0) is 13.0 Å². The largest absolute Gasteiger partial charge is 0.366 e. The molecule has 4 nitrogen and oxygen atoms in total. The summed E-state index contributed by atoms with van der Waals surface area (Å²) in [6, 6.07) is 22.4. The average molecular weight is 401 g/mol. The topological polar surface area (TPSA) is 60.9 Å². The summed E-state index contributed by atoms with van der Waals surface area (Å²) in [5.74, 6) is 0.612. The van der Waals surface area contributed by atoms with Crippen molar-refractivity contribution in [1.29, 1.82) is 0 Å². The van der Waals surface area contributed by atoms with Gasteiger partial charge in [0.2, 0.25) is 5.91 Å². The molecule has 0 aliphatic rings. The smallest absolute Gasteiger partial charge is 0.248 e. The van der Waals surface area contributed by atoms with E-state index in [1.165, 1.54) is 22.0 Å². The summed E-state index contributed by atoms with van der Waals surface area (Å²) in [6.07, 6.45) is 1.90.